The van der Waals surface area contributed by atoms with Crippen LogP contribution in [0.5, 0.6) is 5.75 Å². The molecule has 0 unspecified atom stereocenters. The van der Waals surface area contributed by atoms with E-state index in [0.29, 0.717) is 10.7 Å². The minimum Gasteiger partial charge on any atom is -0.434 e. The number of benzene rings is 2. The van der Waals surface area contributed by atoms with Gasteiger partial charge in [-0.2, -0.15) is 13.9 Å². The zero-order valence-electron chi connectivity index (χ0n) is 24.5. The number of rotatable bonds is 11. The number of carbonyl (C=O) groups is 1. The van der Waals surface area contributed by atoms with E-state index in [4.69, 9.17) is 27.2 Å². The molecule has 5 aromatic rings. The Morgan fingerprint density at radius 1 is 1.09 bits per heavy atom. The van der Waals surface area contributed by atoms with Crippen LogP contribution in [0, 0.1) is 0 Å². The van der Waals surface area contributed by atoms with Crippen LogP contribution < -0.4 is 15.8 Å². The molecule has 0 spiro atoms. The number of anilines is 2. The Bertz CT molecular complexity index is 1770. The number of hydrogen-bond donors (Lipinski definition) is 2. The molecule has 2 aromatic carbocycles. The van der Waals surface area contributed by atoms with Crippen molar-refractivity contribution in [2.45, 2.75) is 44.8 Å². The van der Waals surface area contributed by atoms with E-state index < -0.39 is 12.5 Å². The first-order valence-electron chi connectivity index (χ1n) is 14.9. The third-order valence-corrected chi connectivity index (χ3v) is 8.24. The predicted octanol–water partition coefficient (Wildman–Crippen LogP) is 6.34. The van der Waals surface area contributed by atoms with Crippen molar-refractivity contribution < 1.29 is 18.3 Å². The van der Waals surface area contributed by atoms with Crippen molar-refractivity contribution in [3.8, 4) is 17.0 Å². The van der Waals surface area contributed by atoms with Crippen LogP contribution in [0.3, 0.4) is 0 Å². The number of fused-ring (bicyclic) bond motifs is 1. The van der Waals surface area contributed by atoms with Gasteiger partial charge in [0.15, 0.2) is 11.5 Å². The number of ether oxygens (including phenoxy) is 1. The molecule has 234 valence electrons. The van der Waals surface area contributed by atoms with Crippen LogP contribution in [0.1, 0.15) is 47.6 Å². The third kappa shape index (κ3) is 7.07. The lowest BCUT2D eigenvalue weighted by Gasteiger charge is -2.32. The first-order chi connectivity index (χ1) is 21.9. The SMILES string of the molecule is Nc1nn2cccnc2c1C(=O)Nc1cn(C2CCN(CCCCc3ccccc3)CC2)nc1-c1cc(Cl)ccc1OC(F)F. The second-order valence-electron chi connectivity index (χ2n) is 11.0. The molecule has 45 heavy (non-hydrogen) atoms. The number of nitrogens with zero attached hydrogens (tertiary/aromatic N) is 6. The summed E-state index contributed by atoms with van der Waals surface area (Å²) in [4.78, 5) is 20.3. The lowest BCUT2D eigenvalue weighted by atomic mass is 10.0. The topological polar surface area (TPSA) is 116 Å². The molecule has 6 rings (SSSR count). The summed E-state index contributed by atoms with van der Waals surface area (Å²) in [5.41, 5.74) is 8.57. The molecule has 1 saturated heterocycles. The highest BCUT2D eigenvalue weighted by Gasteiger charge is 2.27. The molecule has 0 saturated carbocycles. The monoisotopic (exact) mass is 634 g/mol. The van der Waals surface area contributed by atoms with Gasteiger partial charge in [-0.3, -0.25) is 9.48 Å². The Labute approximate surface area is 263 Å². The van der Waals surface area contributed by atoms with Gasteiger partial charge in [-0.15, -0.1) is 5.10 Å². The first kappa shape index (κ1) is 30.5. The van der Waals surface area contributed by atoms with Gasteiger partial charge in [-0.05, 0) is 68.5 Å². The first-order valence-corrected chi connectivity index (χ1v) is 15.2. The largest absolute Gasteiger partial charge is 0.434 e. The summed E-state index contributed by atoms with van der Waals surface area (Å²) >= 11 is 6.28. The molecule has 0 radical (unpaired) electrons. The number of carbonyl (C=O) groups excluding carboxylic acids is 1. The maximum absolute atomic E-state index is 13.6. The number of nitrogens with two attached hydrogens (primary N) is 1. The molecular formula is C32H33ClF2N8O2. The van der Waals surface area contributed by atoms with Gasteiger partial charge >= 0.3 is 6.61 Å². The summed E-state index contributed by atoms with van der Waals surface area (Å²) in [6.45, 7) is -0.244. The zero-order valence-corrected chi connectivity index (χ0v) is 25.2. The average Bonchev–Trinajstić information content (AvgIpc) is 3.61. The highest BCUT2D eigenvalue weighted by atomic mass is 35.5. The van der Waals surface area contributed by atoms with Crippen molar-refractivity contribution in [1.29, 1.82) is 0 Å². The number of likely N-dealkylation sites (tertiary alicyclic amines) is 1. The standard InChI is InChI=1S/C32H33ClF2N8O2/c33-22-10-11-26(45-32(34)35)24(19-22)28-25(38-31(44)27-29(36)40-42-16-6-14-37-30(27)42)20-43(39-28)23-12-17-41(18-13-23)15-5-4-9-21-7-2-1-3-8-21/h1-3,6-8,10-11,14,16,19-20,23,32H,4-5,9,12-13,15,17-18H2,(H2,36,40)(H,38,44). The van der Waals surface area contributed by atoms with E-state index >= 15 is 0 Å². The van der Waals surface area contributed by atoms with E-state index in [-0.39, 0.29) is 40.1 Å². The maximum atomic E-state index is 13.6. The Hall–Kier alpha value is -4.55. The van der Waals surface area contributed by atoms with Crippen LogP contribution in [-0.4, -0.2) is 61.4 Å². The van der Waals surface area contributed by atoms with Crippen molar-refractivity contribution in [2.24, 2.45) is 0 Å². The highest BCUT2D eigenvalue weighted by Crippen LogP contribution is 2.38. The molecule has 1 amide bonds. The van der Waals surface area contributed by atoms with E-state index in [1.807, 2.05) is 6.07 Å². The second kappa shape index (κ2) is 13.6. The molecule has 1 aliphatic heterocycles. The smallest absolute Gasteiger partial charge is 0.387 e. The summed E-state index contributed by atoms with van der Waals surface area (Å²) < 4.78 is 34.7. The zero-order chi connectivity index (χ0) is 31.3. The van der Waals surface area contributed by atoms with Crippen molar-refractivity contribution in [1.82, 2.24) is 29.3 Å². The summed E-state index contributed by atoms with van der Waals surface area (Å²) in [7, 11) is 0. The number of alkyl halides is 2. The van der Waals surface area contributed by atoms with E-state index in [9.17, 15) is 13.6 Å². The fourth-order valence-electron chi connectivity index (χ4n) is 5.78. The maximum Gasteiger partial charge on any atom is 0.387 e. The van der Waals surface area contributed by atoms with E-state index in [2.05, 4.69) is 44.6 Å². The van der Waals surface area contributed by atoms with E-state index in [0.717, 1.165) is 51.7 Å². The summed E-state index contributed by atoms with van der Waals surface area (Å²) in [5, 5.41) is 12.1. The summed E-state index contributed by atoms with van der Waals surface area (Å²) in [5.74, 6) is -0.677. The minimum atomic E-state index is -3.06. The van der Waals surface area contributed by atoms with Gasteiger partial charge < -0.3 is 20.7 Å². The fourth-order valence-corrected chi connectivity index (χ4v) is 5.95. The number of unbranched alkanes of at least 4 members (excludes halogenated alkanes) is 1. The number of aromatic nitrogens is 5. The molecule has 0 atom stereocenters. The number of aryl methyl sites for hydroxylation is 1. The van der Waals surface area contributed by atoms with Crippen LogP contribution in [0.4, 0.5) is 20.3 Å². The molecule has 1 fully saturated rings. The fraction of sp³-hybridized carbons (Fsp3) is 0.312. The summed E-state index contributed by atoms with van der Waals surface area (Å²) in [6.07, 6.45) is 9.88. The van der Waals surface area contributed by atoms with Crippen LogP contribution in [0.25, 0.3) is 16.9 Å². The Morgan fingerprint density at radius 3 is 2.67 bits per heavy atom. The van der Waals surface area contributed by atoms with Gasteiger partial charge in [0.2, 0.25) is 0 Å². The van der Waals surface area contributed by atoms with Crippen molar-refractivity contribution in [2.75, 3.05) is 30.7 Å². The lowest BCUT2D eigenvalue weighted by Crippen LogP contribution is -2.35. The minimum absolute atomic E-state index is 0.000704. The summed E-state index contributed by atoms with van der Waals surface area (Å²) in [6, 6.07) is 16.5. The van der Waals surface area contributed by atoms with Gasteiger partial charge in [-0.1, -0.05) is 41.9 Å². The number of piperidine rings is 1. The van der Waals surface area contributed by atoms with E-state index in [1.165, 1.54) is 34.5 Å². The number of hydrogen-bond acceptors (Lipinski definition) is 7. The van der Waals surface area contributed by atoms with E-state index in [1.54, 1.807) is 23.1 Å². The molecular weight excluding hydrogens is 602 g/mol. The molecule has 0 bridgehead atoms. The van der Waals surface area contributed by atoms with Gasteiger partial charge in [0.1, 0.15) is 17.0 Å². The highest BCUT2D eigenvalue weighted by molar-refractivity contribution is 6.31. The number of nitrogen functional groups attached to an aromatic ring is 1. The van der Waals surface area contributed by atoms with Crippen molar-refractivity contribution >= 4 is 34.7 Å². The third-order valence-electron chi connectivity index (χ3n) is 8.01. The number of amides is 1. The second-order valence-corrected chi connectivity index (χ2v) is 11.4. The Balaban J connectivity index is 1.22. The molecule has 13 heteroatoms. The van der Waals surface area contributed by atoms with Crippen LogP contribution >= 0.6 is 11.6 Å². The van der Waals surface area contributed by atoms with Crippen LogP contribution in [0.15, 0.2) is 73.2 Å². The molecule has 3 N–H and O–H groups in total. The molecule has 1 aliphatic rings. The van der Waals surface area contributed by atoms with Gasteiger partial charge in [-0.25, -0.2) is 9.50 Å². The molecule has 10 nitrogen and oxygen atoms in total. The number of halogens is 3. The van der Waals surface area contributed by atoms with Gasteiger partial charge in [0, 0.05) is 42.3 Å². The lowest BCUT2D eigenvalue weighted by molar-refractivity contribution is -0.0494. The van der Waals surface area contributed by atoms with Crippen molar-refractivity contribution in [3.63, 3.8) is 0 Å². The Morgan fingerprint density at radius 2 is 1.89 bits per heavy atom. The van der Waals surface area contributed by atoms with Crippen LogP contribution in [-0.2, 0) is 6.42 Å². The van der Waals surface area contributed by atoms with Gasteiger partial charge in [0.05, 0.1) is 11.7 Å². The number of nitrogens with one attached hydrogen (secondary N) is 1. The average molecular weight is 635 g/mol. The Kier molecular flexibility index (Phi) is 9.22. The van der Waals surface area contributed by atoms with Gasteiger partial charge in [0.25, 0.3) is 5.91 Å². The normalized spacial score (nSPS) is 14.3. The predicted molar refractivity (Wildman–Crippen MR) is 169 cm³/mol. The molecule has 0 aliphatic carbocycles. The molecule has 3 aromatic heterocycles. The van der Waals surface area contributed by atoms with Crippen LogP contribution in [0.2, 0.25) is 5.02 Å². The quantitative estimate of drug-likeness (QED) is 0.163. The van der Waals surface area contributed by atoms with Crippen molar-refractivity contribution in [3.05, 3.63) is 89.3 Å². The molecule has 4 heterocycles.